The number of nitrogens with one attached hydrogen (secondary N) is 2. The van der Waals surface area contributed by atoms with E-state index in [2.05, 4.69) is 15.6 Å². The van der Waals surface area contributed by atoms with Gasteiger partial charge in [-0.05, 0) is 25.0 Å². The van der Waals surface area contributed by atoms with Crippen LogP contribution in [0.25, 0.3) is 0 Å². The fourth-order valence-electron chi connectivity index (χ4n) is 3.47. The number of halogens is 2. The Kier molecular flexibility index (Phi) is 13.1. The molecule has 0 aliphatic carbocycles. The average molecular weight is 580 g/mol. The number of ether oxygens (including phenoxy) is 1. The van der Waals surface area contributed by atoms with Crippen molar-refractivity contribution in [3.8, 4) is 0 Å². The van der Waals surface area contributed by atoms with E-state index in [0.29, 0.717) is 0 Å². The second-order valence-corrected chi connectivity index (χ2v) is 9.49. The molecule has 0 spiro atoms. The van der Waals surface area contributed by atoms with Crippen LogP contribution in [-0.2, 0) is 25.7 Å². The SMILES string of the molecule is CN(C)C(=O)C(c1ccccc1)n1cnc(NC(=O)[C@@H](COCc2ccccc2)NC(=O)C(C)(C)N)c1.Cl.Cl. The van der Waals surface area contributed by atoms with Crippen LogP contribution in [0, 0.1) is 0 Å². The molecule has 0 bridgehead atoms. The molecule has 3 aromatic rings. The van der Waals surface area contributed by atoms with Crippen molar-refractivity contribution in [2.45, 2.75) is 38.1 Å². The van der Waals surface area contributed by atoms with Crippen molar-refractivity contribution in [2.24, 2.45) is 5.73 Å². The molecule has 0 aliphatic rings. The lowest BCUT2D eigenvalue weighted by atomic mass is 10.1. The molecular formula is C27H36Cl2N6O4. The molecule has 39 heavy (non-hydrogen) atoms. The number of benzene rings is 2. The Balaban J connectivity index is 0.00000380. The van der Waals surface area contributed by atoms with E-state index in [1.165, 1.54) is 11.2 Å². The van der Waals surface area contributed by atoms with Gasteiger partial charge >= 0.3 is 0 Å². The number of hydrogen-bond acceptors (Lipinski definition) is 6. The van der Waals surface area contributed by atoms with Crippen LogP contribution in [0.15, 0.2) is 73.2 Å². The zero-order chi connectivity index (χ0) is 27.0. The van der Waals surface area contributed by atoms with Gasteiger partial charge < -0.3 is 30.6 Å². The standard InChI is InChI=1S/C27H34N6O4.2ClH/c1-27(2,28)26(36)30-21(17-37-16-19-11-7-5-8-12-19)24(34)31-22-15-33(18-29-22)23(25(35)32(3)4)20-13-9-6-10-14-20;;/h5-15,18,21,23H,16-17,28H2,1-4H3,(H,30,36)(H,31,34);2*1H/t21-,23?;;/m1../s1. The van der Waals surface area contributed by atoms with E-state index in [1.54, 1.807) is 38.7 Å². The lowest BCUT2D eigenvalue weighted by Crippen LogP contribution is -2.56. The number of hydrogen-bond donors (Lipinski definition) is 3. The van der Waals surface area contributed by atoms with Crippen LogP contribution in [0.4, 0.5) is 5.82 Å². The third-order valence-electron chi connectivity index (χ3n) is 5.54. The van der Waals surface area contributed by atoms with E-state index in [9.17, 15) is 14.4 Å². The van der Waals surface area contributed by atoms with Crippen LogP contribution >= 0.6 is 24.8 Å². The van der Waals surface area contributed by atoms with E-state index in [-0.39, 0.29) is 49.8 Å². The molecular weight excluding hydrogens is 543 g/mol. The van der Waals surface area contributed by atoms with Gasteiger partial charge in [0.05, 0.1) is 25.1 Å². The number of rotatable bonds is 11. The highest BCUT2D eigenvalue weighted by Gasteiger charge is 2.29. The Morgan fingerprint density at radius 2 is 1.62 bits per heavy atom. The Hall–Kier alpha value is -3.44. The van der Waals surface area contributed by atoms with Gasteiger partial charge in [-0.2, -0.15) is 0 Å². The van der Waals surface area contributed by atoms with Gasteiger partial charge in [-0.3, -0.25) is 14.4 Å². The second kappa shape index (κ2) is 15.2. The maximum Gasteiger partial charge on any atom is 0.250 e. The maximum atomic E-state index is 13.1. The summed E-state index contributed by atoms with van der Waals surface area (Å²) in [6.07, 6.45) is 3.06. The summed E-state index contributed by atoms with van der Waals surface area (Å²) < 4.78 is 7.36. The number of nitrogens with zero attached hydrogens (tertiary/aromatic N) is 3. The minimum absolute atomic E-state index is 0. The van der Waals surface area contributed by atoms with E-state index in [4.69, 9.17) is 10.5 Å². The molecule has 0 aliphatic heterocycles. The van der Waals surface area contributed by atoms with Crippen LogP contribution in [0.2, 0.25) is 0 Å². The van der Waals surface area contributed by atoms with Crippen molar-refractivity contribution in [3.63, 3.8) is 0 Å². The summed E-state index contributed by atoms with van der Waals surface area (Å²) >= 11 is 0. The van der Waals surface area contributed by atoms with Crippen LogP contribution in [0.3, 0.4) is 0 Å². The quantitative estimate of drug-likeness (QED) is 0.320. The number of amides is 3. The molecule has 1 unspecified atom stereocenters. The third-order valence-corrected chi connectivity index (χ3v) is 5.54. The number of anilines is 1. The lowest BCUT2D eigenvalue weighted by molar-refractivity contribution is -0.131. The number of carbonyl (C=O) groups is 3. The first-order valence-corrected chi connectivity index (χ1v) is 11.9. The lowest BCUT2D eigenvalue weighted by Gasteiger charge is -2.23. The van der Waals surface area contributed by atoms with E-state index in [1.807, 2.05) is 60.7 Å². The average Bonchev–Trinajstić information content (AvgIpc) is 3.31. The molecule has 3 rings (SSSR count). The third kappa shape index (κ3) is 9.67. The van der Waals surface area contributed by atoms with Gasteiger partial charge in [-0.25, -0.2) is 4.98 Å². The molecule has 4 N–H and O–H groups in total. The maximum absolute atomic E-state index is 13.1. The van der Waals surface area contributed by atoms with Crippen LogP contribution in [0.5, 0.6) is 0 Å². The minimum atomic E-state index is -1.19. The van der Waals surface area contributed by atoms with Gasteiger partial charge in [-0.15, -0.1) is 24.8 Å². The highest BCUT2D eigenvalue weighted by atomic mass is 35.5. The number of nitrogens with two attached hydrogens (primary N) is 1. The highest BCUT2D eigenvalue weighted by molar-refractivity contribution is 5.98. The number of aromatic nitrogens is 2. The van der Waals surface area contributed by atoms with Gasteiger partial charge in [0.1, 0.15) is 12.1 Å². The fraction of sp³-hybridized carbons (Fsp3) is 0.333. The largest absolute Gasteiger partial charge is 0.374 e. The molecule has 10 nitrogen and oxygen atoms in total. The first kappa shape index (κ1) is 33.6. The smallest absolute Gasteiger partial charge is 0.250 e. The Morgan fingerprint density at radius 3 is 2.18 bits per heavy atom. The van der Waals surface area contributed by atoms with E-state index >= 15 is 0 Å². The zero-order valence-corrected chi connectivity index (χ0v) is 24.0. The van der Waals surface area contributed by atoms with E-state index in [0.717, 1.165) is 11.1 Å². The number of imidazole rings is 1. The summed E-state index contributed by atoms with van der Waals surface area (Å²) in [7, 11) is 3.36. The van der Waals surface area contributed by atoms with Crippen molar-refractivity contribution in [2.75, 3.05) is 26.0 Å². The topological polar surface area (TPSA) is 132 Å². The summed E-state index contributed by atoms with van der Waals surface area (Å²) in [4.78, 5) is 44.4. The molecule has 0 fully saturated rings. The predicted octanol–water partition coefficient (Wildman–Crippen LogP) is 2.78. The van der Waals surface area contributed by atoms with Crippen LogP contribution in [-0.4, -0.2) is 64.5 Å². The summed E-state index contributed by atoms with van der Waals surface area (Å²) in [6.45, 7) is 3.30. The molecule has 3 amide bonds. The van der Waals surface area contributed by atoms with Gasteiger partial charge in [0.15, 0.2) is 5.82 Å². The normalized spacial score (nSPS) is 12.2. The van der Waals surface area contributed by atoms with Crippen molar-refractivity contribution >= 4 is 48.4 Å². The first-order valence-electron chi connectivity index (χ1n) is 11.9. The Labute approximate surface area is 241 Å². The second-order valence-electron chi connectivity index (χ2n) is 9.49. The first-order chi connectivity index (χ1) is 17.6. The summed E-state index contributed by atoms with van der Waals surface area (Å²) in [5.41, 5.74) is 6.44. The molecule has 12 heteroatoms. The van der Waals surface area contributed by atoms with Crippen molar-refractivity contribution in [1.29, 1.82) is 0 Å². The number of carbonyl (C=O) groups excluding carboxylic acids is 3. The molecule has 2 aromatic carbocycles. The van der Waals surface area contributed by atoms with E-state index < -0.39 is 29.4 Å². The van der Waals surface area contributed by atoms with Gasteiger partial charge in [0.25, 0.3) is 5.91 Å². The van der Waals surface area contributed by atoms with Gasteiger partial charge in [-0.1, -0.05) is 60.7 Å². The summed E-state index contributed by atoms with van der Waals surface area (Å²) in [5.74, 6) is -0.939. The predicted molar refractivity (Wildman–Crippen MR) is 155 cm³/mol. The minimum Gasteiger partial charge on any atom is -0.374 e. The molecule has 0 saturated carbocycles. The summed E-state index contributed by atoms with van der Waals surface area (Å²) in [6, 6.07) is 17.1. The fourth-order valence-corrected chi connectivity index (χ4v) is 3.47. The molecule has 1 heterocycles. The van der Waals surface area contributed by atoms with Gasteiger partial charge in [0, 0.05) is 20.3 Å². The number of likely N-dealkylation sites (N-methyl/N-ethyl adjacent to an activating group) is 1. The molecule has 2 atom stereocenters. The van der Waals surface area contributed by atoms with Crippen molar-refractivity contribution < 1.29 is 19.1 Å². The molecule has 212 valence electrons. The molecule has 1 aromatic heterocycles. The summed E-state index contributed by atoms with van der Waals surface area (Å²) in [5, 5.41) is 5.37. The Morgan fingerprint density at radius 1 is 1.03 bits per heavy atom. The van der Waals surface area contributed by atoms with Crippen molar-refractivity contribution in [1.82, 2.24) is 19.8 Å². The monoisotopic (exact) mass is 578 g/mol. The zero-order valence-electron chi connectivity index (χ0n) is 22.4. The highest BCUT2D eigenvalue weighted by Crippen LogP contribution is 2.22. The van der Waals surface area contributed by atoms with Crippen molar-refractivity contribution in [3.05, 3.63) is 84.3 Å². The molecule has 0 radical (unpaired) electrons. The Bertz CT molecular complexity index is 1200. The van der Waals surface area contributed by atoms with Gasteiger partial charge in [0.2, 0.25) is 11.8 Å². The van der Waals surface area contributed by atoms with Crippen LogP contribution < -0.4 is 16.4 Å². The van der Waals surface area contributed by atoms with Crippen LogP contribution in [0.1, 0.15) is 31.0 Å². The molecule has 0 saturated heterocycles.